The minimum atomic E-state index is -0.514. The molecule has 2 unspecified atom stereocenters. The van der Waals surface area contributed by atoms with Crippen LogP contribution in [0, 0.1) is 5.92 Å². The number of nitrogens with one attached hydrogen (secondary N) is 2. The number of ether oxygens (including phenoxy) is 2. The van der Waals surface area contributed by atoms with Gasteiger partial charge in [-0.1, -0.05) is 25.5 Å². The van der Waals surface area contributed by atoms with Gasteiger partial charge in [0.25, 0.3) is 0 Å². The van der Waals surface area contributed by atoms with Gasteiger partial charge < -0.3 is 24.7 Å². The number of esters is 1. The lowest BCUT2D eigenvalue weighted by atomic mass is 10.1. The number of hydrogen-bond acceptors (Lipinski definition) is 6. The van der Waals surface area contributed by atoms with Crippen molar-refractivity contribution in [1.82, 2.24) is 9.55 Å². The van der Waals surface area contributed by atoms with Crippen LogP contribution in [-0.4, -0.2) is 47.8 Å². The quantitative estimate of drug-likeness (QED) is 0.442. The van der Waals surface area contributed by atoms with Crippen molar-refractivity contribution in [3.8, 4) is 0 Å². The van der Waals surface area contributed by atoms with Gasteiger partial charge in [-0.05, 0) is 39.2 Å². The molecule has 1 amide bonds. The van der Waals surface area contributed by atoms with Crippen LogP contribution in [0.5, 0.6) is 0 Å². The number of allylic oxidation sites excluding steroid dienone is 1. The second-order valence-electron chi connectivity index (χ2n) is 8.34. The Morgan fingerprint density at radius 3 is 2.84 bits per heavy atom. The molecule has 2 aromatic heterocycles. The van der Waals surface area contributed by atoms with Gasteiger partial charge in [0.2, 0.25) is 5.91 Å². The molecule has 1 aliphatic rings. The van der Waals surface area contributed by atoms with E-state index >= 15 is 0 Å². The highest BCUT2D eigenvalue weighted by atomic mass is 16.5. The van der Waals surface area contributed by atoms with Crippen LogP contribution < -0.4 is 10.6 Å². The normalized spacial score (nSPS) is 17.4. The van der Waals surface area contributed by atoms with E-state index in [0.717, 1.165) is 18.5 Å². The number of amides is 1. The zero-order chi connectivity index (χ0) is 23.3. The Morgan fingerprint density at radius 2 is 2.22 bits per heavy atom. The van der Waals surface area contributed by atoms with Crippen molar-refractivity contribution in [1.29, 1.82) is 0 Å². The van der Waals surface area contributed by atoms with Crippen molar-refractivity contribution in [2.45, 2.75) is 59.6 Å². The fraction of sp³-hybridized carbons (Fsp3) is 0.542. The van der Waals surface area contributed by atoms with Gasteiger partial charge in [-0.3, -0.25) is 4.79 Å². The summed E-state index contributed by atoms with van der Waals surface area (Å²) in [5.41, 5.74) is 3.36. The average molecular weight is 443 g/mol. The molecule has 2 aromatic rings. The van der Waals surface area contributed by atoms with Crippen LogP contribution in [0.1, 0.15) is 57.4 Å². The van der Waals surface area contributed by atoms with Crippen molar-refractivity contribution < 1.29 is 19.1 Å². The van der Waals surface area contributed by atoms with Crippen molar-refractivity contribution >= 4 is 34.3 Å². The molecule has 3 heterocycles. The number of carbonyl (C=O) groups excluding carboxylic acids is 2. The predicted octanol–water partition coefficient (Wildman–Crippen LogP) is 4.36. The first-order valence-electron chi connectivity index (χ1n) is 11.3. The van der Waals surface area contributed by atoms with Crippen LogP contribution in [0.25, 0.3) is 11.0 Å². The zero-order valence-corrected chi connectivity index (χ0v) is 19.7. The molecule has 8 nitrogen and oxygen atoms in total. The molecule has 2 atom stereocenters. The van der Waals surface area contributed by atoms with E-state index in [2.05, 4.69) is 15.6 Å². The number of pyridine rings is 1. The average Bonchev–Trinajstić information content (AvgIpc) is 3.43. The van der Waals surface area contributed by atoms with E-state index in [1.165, 1.54) is 12.7 Å². The molecule has 3 rings (SSSR count). The van der Waals surface area contributed by atoms with Gasteiger partial charge in [0, 0.05) is 24.5 Å². The van der Waals surface area contributed by atoms with Gasteiger partial charge >= 0.3 is 5.97 Å². The predicted molar refractivity (Wildman–Crippen MR) is 126 cm³/mol. The molecule has 2 N–H and O–H groups in total. The highest BCUT2D eigenvalue weighted by Crippen LogP contribution is 2.34. The van der Waals surface area contributed by atoms with Gasteiger partial charge in [-0.2, -0.15) is 0 Å². The highest BCUT2D eigenvalue weighted by Gasteiger charge is 2.29. The summed E-state index contributed by atoms with van der Waals surface area (Å²) in [6, 6.07) is 1.93. The summed E-state index contributed by atoms with van der Waals surface area (Å²) >= 11 is 0. The summed E-state index contributed by atoms with van der Waals surface area (Å²) in [4.78, 5) is 30.3. The lowest BCUT2D eigenvalue weighted by Gasteiger charge is -2.15. The number of nitrogens with zero attached hydrogens (tertiary/aromatic N) is 2. The standard InChI is InChI=1S/C24H34N4O4/c1-6-15(3)12-25-17-11-19-20(27-23(29)16(4)7-2)21(24(30)31-5)28(22(19)26-13-17)14-18-9-8-10-32-18/h6,11,13,16,18,25H,7-10,12,14H2,1-5H3,(H,27,29)/b15-6+. The Balaban J connectivity index is 2.13. The van der Waals surface area contributed by atoms with Gasteiger partial charge in [0.15, 0.2) is 5.69 Å². The van der Waals surface area contributed by atoms with Crippen molar-refractivity contribution in [3.05, 3.63) is 29.6 Å². The van der Waals surface area contributed by atoms with E-state index in [1.807, 2.05) is 44.4 Å². The summed E-state index contributed by atoms with van der Waals surface area (Å²) in [7, 11) is 1.34. The lowest BCUT2D eigenvalue weighted by Crippen LogP contribution is -2.23. The van der Waals surface area contributed by atoms with Crippen LogP contribution in [0.2, 0.25) is 0 Å². The molecule has 32 heavy (non-hydrogen) atoms. The molecule has 1 fully saturated rings. The number of anilines is 2. The second-order valence-corrected chi connectivity index (χ2v) is 8.34. The zero-order valence-electron chi connectivity index (χ0n) is 19.7. The largest absolute Gasteiger partial charge is 0.464 e. The maximum atomic E-state index is 12.9. The molecular weight excluding hydrogens is 408 g/mol. The van der Waals surface area contributed by atoms with Crippen LogP contribution in [0.4, 0.5) is 11.4 Å². The number of carbonyl (C=O) groups is 2. The minimum absolute atomic E-state index is 0.0101. The minimum Gasteiger partial charge on any atom is -0.464 e. The molecule has 0 bridgehead atoms. The maximum absolute atomic E-state index is 12.9. The first-order valence-corrected chi connectivity index (χ1v) is 11.3. The van der Waals surface area contributed by atoms with E-state index in [4.69, 9.17) is 9.47 Å². The van der Waals surface area contributed by atoms with Gasteiger partial charge in [0.05, 0.1) is 37.3 Å². The van der Waals surface area contributed by atoms with Gasteiger partial charge in [0.1, 0.15) is 5.65 Å². The van der Waals surface area contributed by atoms with E-state index in [-0.39, 0.29) is 17.9 Å². The smallest absolute Gasteiger partial charge is 0.356 e. The Hall–Kier alpha value is -2.87. The number of hydrogen-bond donors (Lipinski definition) is 2. The molecule has 0 aromatic carbocycles. The molecular formula is C24H34N4O4. The Morgan fingerprint density at radius 1 is 1.44 bits per heavy atom. The number of aromatic nitrogens is 2. The molecule has 8 heteroatoms. The SMILES string of the molecule is C/C=C(\C)CNc1cnc2c(c1)c(NC(=O)C(C)CC)c(C(=O)OC)n2CC1CCCO1. The molecule has 1 saturated heterocycles. The fourth-order valence-electron chi connectivity index (χ4n) is 3.70. The second kappa shape index (κ2) is 10.6. The summed E-state index contributed by atoms with van der Waals surface area (Å²) < 4.78 is 12.7. The first kappa shape index (κ1) is 23.8. The van der Waals surface area contributed by atoms with E-state index in [0.29, 0.717) is 48.5 Å². The summed E-state index contributed by atoms with van der Waals surface area (Å²) in [5, 5.41) is 7.04. The topological polar surface area (TPSA) is 94.5 Å². The summed E-state index contributed by atoms with van der Waals surface area (Å²) in [6.07, 6.45) is 6.38. The monoisotopic (exact) mass is 442 g/mol. The lowest BCUT2D eigenvalue weighted by molar-refractivity contribution is -0.119. The number of fused-ring (bicyclic) bond motifs is 1. The Labute approximate surface area is 189 Å². The molecule has 1 aliphatic heterocycles. The Bertz CT molecular complexity index is 1010. The van der Waals surface area contributed by atoms with Gasteiger partial charge in [-0.25, -0.2) is 9.78 Å². The molecule has 0 saturated carbocycles. The van der Waals surface area contributed by atoms with Crippen molar-refractivity contribution in [3.63, 3.8) is 0 Å². The third-order valence-electron chi connectivity index (χ3n) is 6.06. The van der Waals surface area contributed by atoms with Crippen LogP contribution in [0.15, 0.2) is 23.9 Å². The molecule has 0 spiro atoms. The maximum Gasteiger partial charge on any atom is 0.356 e. The highest BCUT2D eigenvalue weighted by molar-refractivity contribution is 6.11. The fourth-order valence-corrected chi connectivity index (χ4v) is 3.70. The molecule has 0 aliphatic carbocycles. The number of methoxy groups -OCH3 is 1. The van der Waals surface area contributed by atoms with Crippen LogP contribution >= 0.6 is 0 Å². The third-order valence-corrected chi connectivity index (χ3v) is 6.06. The van der Waals surface area contributed by atoms with Crippen LogP contribution in [-0.2, 0) is 20.8 Å². The van der Waals surface area contributed by atoms with Crippen LogP contribution in [0.3, 0.4) is 0 Å². The summed E-state index contributed by atoms with van der Waals surface area (Å²) in [6.45, 7) is 9.72. The molecule has 0 radical (unpaired) electrons. The molecule has 174 valence electrons. The first-order chi connectivity index (χ1) is 15.4. The van der Waals surface area contributed by atoms with E-state index in [1.54, 1.807) is 6.20 Å². The summed E-state index contributed by atoms with van der Waals surface area (Å²) in [5.74, 6) is -0.847. The number of rotatable bonds is 9. The third kappa shape index (κ3) is 5.12. The van der Waals surface area contributed by atoms with E-state index < -0.39 is 5.97 Å². The van der Waals surface area contributed by atoms with Gasteiger partial charge in [-0.15, -0.1) is 0 Å². The van der Waals surface area contributed by atoms with Crippen molar-refractivity contribution in [2.75, 3.05) is 30.9 Å². The van der Waals surface area contributed by atoms with E-state index in [9.17, 15) is 9.59 Å². The Kier molecular flexibility index (Phi) is 7.90. The van der Waals surface area contributed by atoms with Crippen molar-refractivity contribution in [2.24, 2.45) is 5.92 Å².